The van der Waals surface area contributed by atoms with Crippen LogP contribution in [0.15, 0.2) is 65.8 Å². The van der Waals surface area contributed by atoms with Gasteiger partial charge < -0.3 is 4.74 Å². The highest BCUT2D eigenvalue weighted by Gasteiger charge is 2.26. The van der Waals surface area contributed by atoms with E-state index in [0.29, 0.717) is 6.54 Å². The first-order valence-corrected chi connectivity index (χ1v) is 7.80. The molecular weight excluding hydrogens is 284 g/mol. The molecule has 1 aromatic heterocycles. The summed E-state index contributed by atoms with van der Waals surface area (Å²) in [4.78, 5) is 9.42. The van der Waals surface area contributed by atoms with Crippen LogP contribution >= 0.6 is 0 Å². The Labute approximate surface area is 135 Å². The fourth-order valence-electron chi connectivity index (χ4n) is 2.88. The number of hydrogen-bond donors (Lipinski definition) is 0. The molecule has 3 aromatic rings. The average Bonchev–Trinajstić information content (AvgIpc) is 2.69. The minimum Gasteiger partial charge on any atom is -0.485 e. The maximum atomic E-state index is 6.15. The molecule has 0 unspecified atom stereocenters. The Morgan fingerprint density at radius 3 is 2.70 bits per heavy atom. The van der Waals surface area contributed by atoms with Crippen molar-refractivity contribution in [2.75, 3.05) is 6.54 Å². The molecule has 3 nitrogen and oxygen atoms in total. The van der Waals surface area contributed by atoms with E-state index < -0.39 is 0 Å². The van der Waals surface area contributed by atoms with E-state index in [4.69, 9.17) is 9.73 Å². The minimum absolute atomic E-state index is 0.317. The summed E-state index contributed by atoms with van der Waals surface area (Å²) < 4.78 is 6.15. The fourth-order valence-corrected chi connectivity index (χ4v) is 2.88. The predicted octanol–water partition coefficient (Wildman–Crippen LogP) is 4.24. The Kier molecular flexibility index (Phi) is 3.15. The van der Waals surface area contributed by atoms with E-state index in [2.05, 4.69) is 37.0 Å². The standard InChI is InChI=1S/C20H18N2O/c1-20(2)13-22-19(16-8-4-6-10-18(16)23-20)15-11-14-7-3-5-9-17(14)21-12-15/h3-12H,13H2,1-2H3. The lowest BCUT2D eigenvalue weighted by Gasteiger charge is -2.23. The summed E-state index contributed by atoms with van der Waals surface area (Å²) in [5.74, 6) is 0.877. The summed E-state index contributed by atoms with van der Waals surface area (Å²) in [5.41, 5.74) is 3.68. The first kappa shape index (κ1) is 13.9. The van der Waals surface area contributed by atoms with Crippen LogP contribution in [0, 0.1) is 0 Å². The Bertz CT molecular complexity index is 912. The summed E-state index contributed by atoms with van der Waals surface area (Å²) in [6.45, 7) is 4.74. The van der Waals surface area contributed by atoms with Crippen molar-refractivity contribution in [3.05, 3.63) is 71.9 Å². The molecule has 0 spiro atoms. The van der Waals surface area contributed by atoms with Crippen LogP contribution in [0.5, 0.6) is 5.75 Å². The van der Waals surface area contributed by atoms with Crippen LogP contribution < -0.4 is 4.74 Å². The van der Waals surface area contributed by atoms with E-state index >= 15 is 0 Å². The third kappa shape index (κ3) is 2.59. The highest BCUT2D eigenvalue weighted by molar-refractivity contribution is 6.15. The van der Waals surface area contributed by atoms with Crippen molar-refractivity contribution in [1.29, 1.82) is 0 Å². The normalized spacial score (nSPS) is 16.2. The monoisotopic (exact) mass is 302 g/mol. The zero-order valence-electron chi connectivity index (χ0n) is 13.3. The topological polar surface area (TPSA) is 34.5 Å². The number of fused-ring (bicyclic) bond motifs is 2. The number of para-hydroxylation sites is 2. The van der Waals surface area contributed by atoms with Crippen molar-refractivity contribution >= 4 is 16.6 Å². The molecule has 2 aromatic carbocycles. The van der Waals surface area contributed by atoms with Gasteiger partial charge in [-0.05, 0) is 38.1 Å². The van der Waals surface area contributed by atoms with Crippen molar-refractivity contribution in [2.24, 2.45) is 4.99 Å². The van der Waals surface area contributed by atoms with E-state index in [0.717, 1.165) is 33.5 Å². The number of rotatable bonds is 1. The van der Waals surface area contributed by atoms with Gasteiger partial charge in [0.05, 0.1) is 17.8 Å². The molecule has 0 bridgehead atoms. The number of ether oxygens (including phenoxy) is 1. The minimum atomic E-state index is -0.317. The Hall–Kier alpha value is -2.68. The van der Waals surface area contributed by atoms with Gasteiger partial charge in [-0.2, -0.15) is 0 Å². The smallest absolute Gasteiger partial charge is 0.129 e. The predicted molar refractivity (Wildman–Crippen MR) is 93.4 cm³/mol. The number of hydrogen-bond acceptors (Lipinski definition) is 3. The number of aliphatic imine (C=N–C) groups is 1. The lowest BCUT2D eigenvalue weighted by Crippen LogP contribution is -2.31. The van der Waals surface area contributed by atoms with E-state index in [9.17, 15) is 0 Å². The summed E-state index contributed by atoms with van der Waals surface area (Å²) in [6.07, 6.45) is 1.90. The third-order valence-corrected chi connectivity index (χ3v) is 4.01. The molecule has 0 radical (unpaired) electrons. The van der Waals surface area contributed by atoms with Gasteiger partial charge in [0.1, 0.15) is 11.4 Å². The van der Waals surface area contributed by atoms with Crippen molar-refractivity contribution < 1.29 is 4.74 Å². The number of pyridine rings is 1. The molecular formula is C20H18N2O. The van der Waals surface area contributed by atoms with Crippen molar-refractivity contribution in [2.45, 2.75) is 19.4 Å². The zero-order chi connectivity index (χ0) is 15.9. The van der Waals surface area contributed by atoms with Gasteiger partial charge in [-0.15, -0.1) is 0 Å². The van der Waals surface area contributed by atoms with E-state index in [1.807, 2.05) is 42.6 Å². The van der Waals surface area contributed by atoms with Crippen molar-refractivity contribution in [1.82, 2.24) is 4.98 Å². The molecule has 4 rings (SSSR count). The van der Waals surface area contributed by atoms with Crippen LogP contribution in [-0.4, -0.2) is 22.8 Å². The lowest BCUT2D eigenvalue weighted by molar-refractivity contribution is 0.121. The van der Waals surface area contributed by atoms with Gasteiger partial charge in [0, 0.05) is 22.7 Å². The van der Waals surface area contributed by atoms with Gasteiger partial charge in [-0.1, -0.05) is 30.3 Å². The summed E-state index contributed by atoms with van der Waals surface area (Å²) in [5, 5.41) is 1.12. The molecule has 0 aliphatic carbocycles. The van der Waals surface area contributed by atoms with E-state index in [1.54, 1.807) is 0 Å². The quantitative estimate of drug-likeness (QED) is 0.673. The van der Waals surface area contributed by atoms with E-state index in [-0.39, 0.29) is 5.60 Å². The molecule has 23 heavy (non-hydrogen) atoms. The van der Waals surface area contributed by atoms with Crippen LogP contribution in [0.1, 0.15) is 25.0 Å². The fraction of sp³-hybridized carbons (Fsp3) is 0.200. The summed E-state index contributed by atoms with van der Waals surface area (Å²) in [7, 11) is 0. The molecule has 0 saturated carbocycles. The molecule has 0 fully saturated rings. The number of nitrogens with zero attached hydrogens (tertiary/aromatic N) is 2. The van der Waals surface area contributed by atoms with E-state index in [1.165, 1.54) is 0 Å². The summed E-state index contributed by atoms with van der Waals surface area (Å²) >= 11 is 0. The molecule has 0 amide bonds. The number of benzene rings is 2. The second-order valence-corrected chi connectivity index (χ2v) is 6.44. The van der Waals surface area contributed by atoms with Crippen molar-refractivity contribution in [3.63, 3.8) is 0 Å². The first-order valence-electron chi connectivity index (χ1n) is 7.80. The van der Waals surface area contributed by atoms with Crippen molar-refractivity contribution in [3.8, 4) is 5.75 Å². The van der Waals surface area contributed by atoms with Crippen LogP contribution in [0.25, 0.3) is 10.9 Å². The second kappa shape index (κ2) is 5.20. The molecule has 1 aliphatic rings. The van der Waals surface area contributed by atoms with Gasteiger partial charge >= 0.3 is 0 Å². The van der Waals surface area contributed by atoms with Gasteiger partial charge in [-0.25, -0.2) is 0 Å². The van der Waals surface area contributed by atoms with Gasteiger partial charge in [0.25, 0.3) is 0 Å². The molecule has 0 saturated heterocycles. The van der Waals surface area contributed by atoms with Crippen LogP contribution in [0.2, 0.25) is 0 Å². The maximum Gasteiger partial charge on any atom is 0.129 e. The van der Waals surface area contributed by atoms with Crippen LogP contribution in [-0.2, 0) is 0 Å². The van der Waals surface area contributed by atoms with Gasteiger partial charge in [-0.3, -0.25) is 9.98 Å². The summed E-state index contributed by atoms with van der Waals surface area (Å²) in [6, 6.07) is 18.4. The molecule has 114 valence electrons. The molecule has 2 heterocycles. The Morgan fingerprint density at radius 1 is 1.00 bits per heavy atom. The lowest BCUT2D eigenvalue weighted by atomic mass is 10.0. The SMILES string of the molecule is CC1(C)CN=C(c2cnc3ccccc3c2)c2ccccc2O1. The Balaban J connectivity index is 1.90. The largest absolute Gasteiger partial charge is 0.485 e. The second-order valence-electron chi connectivity index (χ2n) is 6.44. The molecule has 0 N–H and O–H groups in total. The number of aromatic nitrogens is 1. The highest BCUT2D eigenvalue weighted by Crippen LogP contribution is 2.30. The van der Waals surface area contributed by atoms with Gasteiger partial charge in [0.15, 0.2) is 0 Å². The third-order valence-electron chi connectivity index (χ3n) is 4.01. The molecule has 3 heteroatoms. The average molecular weight is 302 g/mol. The highest BCUT2D eigenvalue weighted by atomic mass is 16.5. The molecule has 1 aliphatic heterocycles. The first-order chi connectivity index (χ1) is 11.1. The van der Waals surface area contributed by atoms with Crippen LogP contribution in [0.4, 0.5) is 0 Å². The Morgan fingerprint density at radius 2 is 1.78 bits per heavy atom. The maximum absolute atomic E-state index is 6.15. The molecule has 0 atom stereocenters. The van der Waals surface area contributed by atoms with Crippen LogP contribution in [0.3, 0.4) is 0 Å². The zero-order valence-corrected chi connectivity index (χ0v) is 13.3. The van der Waals surface area contributed by atoms with Gasteiger partial charge in [0.2, 0.25) is 0 Å².